The third kappa shape index (κ3) is 3.20. The Morgan fingerprint density at radius 1 is 1.41 bits per heavy atom. The average Bonchev–Trinajstić information content (AvgIpc) is 2.90. The number of aromatic nitrogens is 2. The first-order valence-electron chi connectivity index (χ1n) is 7.30. The molecule has 4 nitrogen and oxygen atoms in total. The predicted molar refractivity (Wildman–Crippen MR) is 85.4 cm³/mol. The van der Waals surface area contributed by atoms with Crippen molar-refractivity contribution in [2.75, 3.05) is 25.5 Å². The van der Waals surface area contributed by atoms with Gasteiger partial charge < -0.3 is 5.32 Å². The van der Waals surface area contributed by atoms with E-state index < -0.39 is 0 Å². The van der Waals surface area contributed by atoms with Crippen LogP contribution in [-0.2, 0) is 0 Å². The SMILES string of the molecule is CN1CCC(CNc2cnccn2)C1c1ccc(Cl)c(F)c1. The van der Waals surface area contributed by atoms with Gasteiger partial charge in [-0.15, -0.1) is 0 Å². The summed E-state index contributed by atoms with van der Waals surface area (Å²) < 4.78 is 13.8. The molecule has 1 aromatic carbocycles. The molecule has 1 aliphatic rings. The monoisotopic (exact) mass is 320 g/mol. The van der Waals surface area contributed by atoms with Gasteiger partial charge in [-0.2, -0.15) is 0 Å². The van der Waals surface area contributed by atoms with Gasteiger partial charge in [0.1, 0.15) is 11.6 Å². The minimum absolute atomic E-state index is 0.165. The van der Waals surface area contributed by atoms with Crippen LogP contribution in [0.15, 0.2) is 36.8 Å². The van der Waals surface area contributed by atoms with Crippen LogP contribution < -0.4 is 5.32 Å². The first-order chi connectivity index (χ1) is 10.6. The predicted octanol–water partition coefficient (Wildman–Crippen LogP) is 3.37. The number of hydrogen-bond donors (Lipinski definition) is 1. The van der Waals surface area contributed by atoms with Crippen LogP contribution >= 0.6 is 11.6 Å². The van der Waals surface area contributed by atoms with Crippen LogP contribution in [0, 0.1) is 11.7 Å². The number of nitrogens with zero attached hydrogens (tertiary/aromatic N) is 3. The van der Waals surface area contributed by atoms with Gasteiger partial charge in [0.15, 0.2) is 0 Å². The third-order valence-corrected chi connectivity index (χ3v) is 4.47. The van der Waals surface area contributed by atoms with Crippen LogP contribution in [0.3, 0.4) is 0 Å². The van der Waals surface area contributed by atoms with E-state index in [0.29, 0.717) is 5.92 Å². The van der Waals surface area contributed by atoms with Crippen molar-refractivity contribution in [1.82, 2.24) is 14.9 Å². The molecule has 3 rings (SSSR count). The Balaban J connectivity index is 1.74. The van der Waals surface area contributed by atoms with E-state index >= 15 is 0 Å². The Morgan fingerprint density at radius 2 is 2.27 bits per heavy atom. The normalized spacial score (nSPS) is 22.0. The summed E-state index contributed by atoms with van der Waals surface area (Å²) in [6, 6.07) is 5.26. The molecule has 0 saturated carbocycles. The summed E-state index contributed by atoms with van der Waals surface area (Å²) in [6.45, 7) is 1.76. The lowest BCUT2D eigenvalue weighted by molar-refractivity contribution is 0.281. The van der Waals surface area contributed by atoms with Gasteiger partial charge in [0.2, 0.25) is 0 Å². The van der Waals surface area contributed by atoms with Gasteiger partial charge in [-0.05, 0) is 43.6 Å². The molecule has 0 amide bonds. The van der Waals surface area contributed by atoms with Crippen molar-refractivity contribution in [2.45, 2.75) is 12.5 Å². The average molecular weight is 321 g/mol. The van der Waals surface area contributed by atoms with Crippen LogP contribution in [0.25, 0.3) is 0 Å². The summed E-state index contributed by atoms with van der Waals surface area (Å²) in [6.07, 6.45) is 6.07. The van der Waals surface area contributed by atoms with E-state index in [9.17, 15) is 4.39 Å². The standard InChI is InChI=1S/C16H18ClFN4/c1-22-7-4-12(9-21-15-10-19-5-6-20-15)16(22)11-2-3-13(17)14(18)8-11/h2-3,5-6,8,10,12,16H,4,7,9H2,1H3,(H,20,21). The molecule has 1 aromatic heterocycles. The molecule has 1 N–H and O–H groups in total. The van der Waals surface area contributed by atoms with Crippen molar-refractivity contribution in [2.24, 2.45) is 5.92 Å². The smallest absolute Gasteiger partial charge is 0.144 e. The number of halogens is 2. The Kier molecular flexibility index (Phi) is 4.55. The quantitative estimate of drug-likeness (QED) is 0.937. The van der Waals surface area contributed by atoms with E-state index in [0.717, 1.165) is 30.9 Å². The topological polar surface area (TPSA) is 41.0 Å². The largest absolute Gasteiger partial charge is 0.368 e. The van der Waals surface area contributed by atoms with Crippen LogP contribution in [0.1, 0.15) is 18.0 Å². The summed E-state index contributed by atoms with van der Waals surface area (Å²) >= 11 is 5.79. The molecular formula is C16H18ClFN4. The second-order valence-corrected chi connectivity index (χ2v) is 6.03. The number of benzene rings is 1. The molecule has 2 heterocycles. The van der Waals surface area contributed by atoms with Gasteiger partial charge in [0, 0.05) is 25.0 Å². The van der Waals surface area contributed by atoms with Gasteiger partial charge in [-0.3, -0.25) is 9.88 Å². The van der Waals surface area contributed by atoms with Crippen molar-refractivity contribution >= 4 is 17.4 Å². The lowest BCUT2D eigenvalue weighted by atomic mass is 9.93. The fraction of sp³-hybridized carbons (Fsp3) is 0.375. The molecule has 0 aliphatic carbocycles. The summed E-state index contributed by atoms with van der Waals surface area (Å²) in [4.78, 5) is 10.5. The fourth-order valence-corrected chi connectivity index (χ4v) is 3.21. The zero-order valence-corrected chi connectivity index (χ0v) is 13.1. The number of rotatable bonds is 4. The fourth-order valence-electron chi connectivity index (χ4n) is 3.09. The summed E-state index contributed by atoms with van der Waals surface area (Å²) in [5, 5.41) is 3.48. The molecule has 1 fully saturated rings. The van der Waals surface area contributed by atoms with Gasteiger partial charge >= 0.3 is 0 Å². The molecule has 0 radical (unpaired) electrons. The lowest BCUT2D eigenvalue weighted by Crippen LogP contribution is -2.25. The maximum absolute atomic E-state index is 13.8. The first-order valence-corrected chi connectivity index (χ1v) is 7.68. The van der Waals surface area contributed by atoms with Gasteiger partial charge in [-0.1, -0.05) is 17.7 Å². The third-order valence-electron chi connectivity index (χ3n) is 4.17. The highest BCUT2D eigenvalue weighted by Gasteiger charge is 2.33. The highest BCUT2D eigenvalue weighted by molar-refractivity contribution is 6.30. The molecule has 2 unspecified atom stereocenters. The van der Waals surface area contributed by atoms with Gasteiger partial charge in [-0.25, -0.2) is 9.37 Å². The molecular weight excluding hydrogens is 303 g/mol. The van der Waals surface area contributed by atoms with E-state index in [2.05, 4.69) is 27.2 Å². The second kappa shape index (κ2) is 6.58. The Bertz CT molecular complexity index is 637. The molecule has 22 heavy (non-hydrogen) atoms. The van der Waals surface area contributed by atoms with Crippen LogP contribution in [0.5, 0.6) is 0 Å². The van der Waals surface area contributed by atoms with Crippen LogP contribution in [0.4, 0.5) is 10.2 Å². The number of likely N-dealkylation sites (tertiary alicyclic amines) is 1. The molecule has 2 atom stereocenters. The molecule has 0 spiro atoms. The second-order valence-electron chi connectivity index (χ2n) is 5.62. The molecule has 6 heteroatoms. The maximum Gasteiger partial charge on any atom is 0.144 e. The van der Waals surface area contributed by atoms with Crippen molar-refractivity contribution in [3.63, 3.8) is 0 Å². The summed E-state index contributed by atoms with van der Waals surface area (Å²) in [5.74, 6) is 0.783. The number of hydrogen-bond acceptors (Lipinski definition) is 4. The number of anilines is 1. The van der Waals surface area contributed by atoms with E-state index in [1.54, 1.807) is 30.7 Å². The Hall–Kier alpha value is -1.72. The molecule has 1 aliphatic heterocycles. The lowest BCUT2D eigenvalue weighted by Gasteiger charge is -2.26. The summed E-state index contributed by atoms with van der Waals surface area (Å²) in [7, 11) is 2.07. The van der Waals surface area contributed by atoms with E-state index in [1.165, 1.54) is 0 Å². The Morgan fingerprint density at radius 3 is 3.00 bits per heavy atom. The molecule has 2 aromatic rings. The van der Waals surface area contributed by atoms with Gasteiger partial charge in [0.05, 0.1) is 11.2 Å². The van der Waals surface area contributed by atoms with Gasteiger partial charge in [0.25, 0.3) is 0 Å². The molecule has 1 saturated heterocycles. The van der Waals surface area contributed by atoms with E-state index in [4.69, 9.17) is 11.6 Å². The molecule has 116 valence electrons. The summed E-state index contributed by atoms with van der Waals surface area (Å²) in [5.41, 5.74) is 0.966. The van der Waals surface area contributed by atoms with Crippen LogP contribution in [0.2, 0.25) is 5.02 Å². The first kappa shape index (κ1) is 15.2. The minimum atomic E-state index is -0.361. The maximum atomic E-state index is 13.8. The minimum Gasteiger partial charge on any atom is -0.368 e. The zero-order valence-electron chi connectivity index (χ0n) is 12.3. The Labute approximate surface area is 134 Å². The van der Waals surface area contributed by atoms with Crippen molar-refractivity contribution in [3.8, 4) is 0 Å². The van der Waals surface area contributed by atoms with Crippen LogP contribution in [-0.4, -0.2) is 35.0 Å². The zero-order chi connectivity index (χ0) is 15.5. The van der Waals surface area contributed by atoms with E-state index in [1.807, 2.05) is 6.07 Å². The van der Waals surface area contributed by atoms with E-state index in [-0.39, 0.29) is 16.9 Å². The highest BCUT2D eigenvalue weighted by atomic mass is 35.5. The van der Waals surface area contributed by atoms with Crippen molar-refractivity contribution < 1.29 is 4.39 Å². The molecule has 0 bridgehead atoms. The number of nitrogens with one attached hydrogen (secondary N) is 1. The van der Waals surface area contributed by atoms with Crippen molar-refractivity contribution in [3.05, 3.63) is 53.2 Å². The highest BCUT2D eigenvalue weighted by Crippen LogP contribution is 2.37. The van der Waals surface area contributed by atoms with Crippen molar-refractivity contribution in [1.29, 1.82) is 0 Å².